The van der Waals surface area contributed by atoms with E-state index in [-0.39, 0.29) is 12.0 Å². The van der Waals surface area contributed by atoms with Crippen LogP contribution in [0.25, 0.3) is 71.9 Å². The molecule has 0 aliphatic heterocycles. The van der Waals surface area contributed by atoms with Crippen LogP contribution in [-0.2, 0) is 6.42 Å². The maximum atomic E-state index is 10.6. The van der Waals surface area contributed by atoms with E-state index in [1.807, 2.05) is 18.2 Å². The molecule has 49 heavy (non-hydrogen) atoms. The molecular weight excluding hydrogens is 599 g/mol. The standard InChI is InChI=1S/C45H31N3O/c1-27-16-20-34-36-22-21-35-37-25-29(19-23-40(37)47(31-10-4-3-5-11-31)44(35)45(36)49-41(34)24-27)42-30(26-46)18-17-28(2)43(42)48-38-14-8-6-12-32(38)33-13-7-9-15-39(33)48/h3-4,6-10,12-23,25,27-28,43H,24H2,1-2H3. The number of para-hydroxylation sites is 2. The van der Waals surface area contributed by atoms with E-state index < -0.39 is 0 Å². The van der Waals surface area contributed by atoms with E-state index in [1.165, 1.54) is 27.4 Å². The number of allylic oxidation sites excluding steroid dienone is 5. The number of benzene rings is 4. The molecular formula is C45H31N3O. The van der Waals surface area contributed by atoms with Crippen molar-refractivity contribution in [1.82, 2.24) is 9.13 Å². The van der Waals surface area contributed by atoms with Gasteiger partial charge in [0.05, 0.1) is 34.4 Å². The van der Waals surface area contributed by atoms with Gasteiger partial charge in [0.25, 0.3) is 0 Å². The van der Waals surface area contributed by atoms with Gasteiger partial charge in [-0.15, -0.1) is 0 Å². The highest BCUT2D eigenvalue weighted by Gasteiger charge is 2.32. The molecule has 8 aromatic rings. The van der Waals surface area contributed by atoms with Crippen LogP contribution in [0.4, 0.5) is 0 Å². The number of fused-ring (bicyclic) bond motifs is 10. The zero-order valence-corrected chi connectivity index (χ0v) is 27.2. The van der Waals surface area contributed by atoms with Crippen LogP contribution in [0.1, 0.15) is 36.8 Å². The molecule has 0 spiro atoms. The summed E-state index contributed by atoms with van der Waals surface area (Å²) in [5.41, 5.74) is 10.2. The Labute approximate surface area is 284 Å². The second kappa shape index (κ2) is 10.4. The first-order valence-corrected chi connectivity index (χ1v) is 17.0. The monoisotopic (exact) mass is 629 g/mol. The number of nitrogens with zero attached hydrogens (tertiary/aromatic N) is 3. The molecule has 3 aromatic heterocycles. The highest BCUT2D eigenvalue weighted by atomic mass is 16.3. The minimum absolute atomic E-state index is 0.0791. The van der Waals surface area contributed by atoms with Crippen LogP contribution >= 0.6 is 0 Å². The average Bonchev–Trinajstić information content (AvgIpc) is 3.79. The van der Waals surface area contributed by atoms with Crippen LogP contribution in [0.2, 0.25) is 0 Å². The molecule has 0 N–H and O–H groups in total. The summed E-state index contributed by atoms with van der Waals surface area (Å²) in [6.45, 7) is 4.49. The Morgan fingerprint density at radius 2 is 1.55 bits per heavy atom. The third kappa shape index (κ3) is 3.92. The molecule has 0 saturated heterocycles. The van der Waals surface area contributed by atoms with Crippen LogP contribution in [0.3, 0.4) is 0 Å². The summed E-state index contributed by atoms with van der Waals surface area (Å²) in [5.74, 6) is 1.63. The molecule has 2 aliphatic carbocycles. The van der Waals surface area contributed by atoms with Crippen molar-refractivity contribution >= 4 is 66.2 Å². The van der Waals surface area contributed by atoms with Crippen LogP contribution in [0, 0.1) is 35.3 Å². The van der Waals surface area contributed by atoms with Crippen LogP contribution in [-0.4, -0.2) is 9.13 Å². The predicted octanol–water partition coefficient (Wildman–Crippen LogP) is 11.2. The van der Waals surface area contributed by atoms with Gasteiger partial charge in [0.1, 0.15) is 5.76 Å². The largest absolute Gasteiger partial charge is 0.458 e. The zero-order valence-electron chi connectivity index (χ0n) is 27.2. The number of aromatic nitrogens is 2. The molecule has 0 radical (unpaired) electrons. The average molecular weight is 630 g/mol. The maximum absolute atomic E-state index is 10.6. The molecule has 3 atom stereocenters. The maximum Gasteiger partial charge on any atom is 0.159 e. The van der Waals surface area contributed by atoms with Gasteiger partial charge in [-0.1, -0.05) is 92.7 Å². The quantitative estimate of drug-likeness (QED) is 0.195. The number of hydrogen-bond donors (Lipinski definition) is 0. The Balaban J connectivity index is 1.27. The summed E-state index contributed by atoms with van der Waals surface area (Å²) in [5, 5.41) is 16.4. The first kappa shape index (κ1) is 27.8. The molecule has 0 bridgehead atoms. The SMILES string of the molecule is CC1C=Cc2c(oc3c2ccc2c4cc(C5=C(C#N)C=CC(C)C5n5c6ccccc6c6ccccc65)ccc4n(-c4c#cccc4)c23)C1. The van der Waals surface area contributed by atoms with E-state index in [4.69, 9.17) is 4.42 Å². The number of nitriles is 1. The lowest BCUT2D eigenvalue weighted by Crippen LogP contribution is -2.21. The molecule has 0 fully saturated rings. The molecule has 5 aromatic carbocycles. The van der Waals surface area contributed by atoms with Crippen molar-refractivity contribution in [3.05, 3.63) is 150 Å². The van der Waals surface area contributed by atoms with Crippen molar-refractivity contribution in [2.75, 3.05) is 0 Å². The van der Waals surface area contributed by atoms with E-state index in [1.54, 1.807) is 0 Å². The second-order valence-corrected chi connectivity index (χ2v) is 13.6. The van der Waals surface area contributed by atoms with Gasteiger partial charge in [-0.2, -0.15) is 5.26 Å². The lowest BCUT2D eigenvalue weighted by atomic mass is 9.81. The third-order valence-corrected chi connectivity index (χ3v) is 10.6. The summed E-state index contributed by atoms with van der Waals surface area (Å²) >= 11 is 0. The second-order valence-electron chi connectivity index (χ2n) is 13.6. The van der Waals surface area contributed by atoms with Gasteiger partial charge < -0.3 is 8.98 Å². The van der Waals surface area contributed by atoms with E-state index in [9.17, 15) is 5.26 Å². The molecule has 4 heteroatoms. The van der Waals surface area contributed by atoms with Gasteiger partial charge in [-0.25, -0.2) is 0 Å². The van der Waals surface area contributed by atoms with Crippen molar-refractivity contribution < 1.29 is 4.42 Å². The Morgan fingerprint density at radius 3 is 2.31 bits per heavy atom. The normalized spacial score (nSPS) is 18.9. The first-order chi connectivity index (χ1) is 24.1. The third-order valence-electron chi connectivity index (χ3n) is 10.6. The molecule has 0 amide bonds. The summed E-state index contributed by atoms with van der Waals surface area (Å²) < 4.78 is 11.5. The van der Waals surface area contributed by atoms with Crippen molar-refractivity contribution in [3.8, 4) is 11.8 Å². The molecule has 232 valence electrons. The van der Waals surface area contributed by atoms with Gasteiger partial charge in [0, 0.05) is 55.5 Å². The molecule has 0 saturated carbocycles. The minimum Gasteiger partial charge on any atom is -0.458 e. The van der Waals surface area contributed by atoms with Crippen LogP contribution in [0.15, 0.2) is 125 Å². The highest BCUT2D eigenvalue weighted by molar-refractivity contribution is 6.19. The lowest BCUT2D eigenvalue weighted by molar-refractivity contribution is 0.514. The summed E-state index contributed by atoms with van der Waals surface area (Å²) in [6.07, 6.45) is 9.58. The van der Waals surface area contributed by atoms with Crippen molar-refractivity contribution in [3.63, 3.8) is 0 Å². The van der Waals surface area contributed by atoms with E-state index >= 15 is 0 Å². The lowest BCUT2D eigenvalue weighted by Gasteiger charge is -2.32. The summed E-state index contributed by atoms with van der Waals surface area (Å²) in [7, 11) is 0. The van der Waals surface area contributed by atoms with Gasteiger partial charge in [-0.3, -0.25) is 4.57 Å². The molecule has 2 aliphatic rings. The number of furan rings is 1. The predicted molar refractivity (Wildman–Crippen MR) is 199 cm³/mol. The fourth-order valence-corrected chi connectivity index (χ4v) is 8.48. The van der Waals surface area contributed by atoms with E-state index in [2.05, 4.69) is 144 Å². The van der Waals surface area contributed by atoms with Gasteiger partial charge >= 0.3 is 0 Å². The van der Waals surface area contributed by atoms with Gasteiger partial charge in [-0.05, 0) is 72.0 Å². The smallest absolute Gasteiger partial charge is 0.159 e. The Hall–Kier alpha value is -6.23. The van der Waals surface area contributed by atoms with Crippen molar-refractivity contribution in [2.24, 2.45) is 11.8 Å². The van der Waals surface area contributed by atoms with Crippen LogP contribution in [0.5, 0.6) is 0 Å². The highest BCUT2D eigenvalue weighted by Crippen LogP contribution is 2.47. The number of hydrogen-bond acceptors (Lipinski definition) is 2. The topological polar surface area (TPSA) is 46.8 Å². The van der Waals surface area contributed by atoms with Crippen molar-refractivity contribution in [1.29, 1.82) is 5.26 Å². The fraction of sp³-hybridized carbons (Fsp3) is 0.133. The van der Waals surface area contributed by atoms with Gasteiger partial charge in [0.15, 0.2) is 5.58 Å². The van der Waals surface area contributed by atoms with Crippen LogP contribution < -0.4 is 0 Å². The Bertz CT molecular complexity index is 2740. The Morgan fingerprint density at radius 1 is 0.776 bits per heavy atom. The molecule has 3 unspecified atom stereocenters. The molecule has 10 rings (SSSR count). The fourth-order valence-electron chi connectivity index (χ4n) is 8.48. The molecule has 3 heterocycles. The first-order valence-electron chi connectivity index (χ1n) is 17.0. The van der Waals surface area contributed by atoms with Crippen molar-refractivity contribution in [2.45, 2.75) is 26.3 Å². The van der Waals surface area contributed by atoms with E-state index in [0.717, 1.165) is 61.8 Å². The summed E-state index contributed by atoms with van der Waals surface area (Å²) in [6, 6.07) is 43.4. The molecule has 4 nitrogen and oxygen atoms in total. The minimum atomic E-state index is -0.0791. The van der Waals surface area contributed by atoms with E-state index in [0.29, 0.717) is 11.5 Å². The Kier molecular flexibility index (Phi) is 5.90. The number of rotatable bonds is 3. The summed E-state index contributed by atoms with van der Waals surface area (Å²) in [4.78, 5) is 0. The zero-order chi connectivity index (χ0) is 32.8. The van der Waals surface area contributed by atoms with Gasteiger partial charge in [0.2, 0.25) is 0 Å².